The summed E-state index contributed by atoms with van der Waals surface area (Å²) >= 11 is 0. The molecule has 4 unspecified atom stereocenters. The van der Waals surface area contributed by atoms with Gasteiger partial charge in [0.25, 0.3) is 0 Å². The van der Waals surface area contributed by atoms with Crippen molar-refractivity contribution in [3.8, 4) is 0 Å². The molecule has 2 fully saturated rings. The summed E-state index contributed by atoms with van der Waals surface area (Å²) in [6, 6.07) is 0. The Hall–Kier alpha value is -1.05. The Kier molecular flexibility index (Phi) is 3.78. The van der Waals surface area contributed by atoms with E-state index < -0.39 is 11.4 Å². The van der Waals surface area contributed by atoms with Crippen molar-refractivity contribution in [2.75, 3.05) is 0 Å². The van der Waals surface area contributed by atoms with Crippen LogP contribution in [0.2, 0.25) is 0 Å². The minimum absolute atomic E-state index is 0.183. The smallest absolute Gasteiger partial charge is 0.309 e. The normalized spacial score (nSPS) is 41.3. The van der Waals surface area contributed by atoms with Gasteiger partial charge < -0.3 is 5.11 Å². The van der Waals surface area contributed by atoms with Crippen LogP contribution in [0.3, 0.4) is 0 Å². The molecule has 3 rings (SSSR count). The highest BCUT2D eigenvalue weighted by Crippen LogP contribution is 2.63. The number of aliphatic carboxylic acids is 1. The second-order valence-electron chi connectivity index (χ2n) is 8.51. The molecular formula is C20H30O2. The van der Waals surface area contributed by atoms with Crippen molar-refractivity contribution in [1.29, 1.82) is 0 Å². The number of carboxylic acids is 1. The first kappa shape index (κ1) is 15.8. The minimum atomic E-state index is -0.573. The third-order valence-electron chi connectivity index (χ3n) is 7.13. The zero-order chi connectivity index (χ0) is 16.1. The molecule has 2 heteroatoms. The Morgan fingerprint density at radius 1 is 1.18 bits per heavy atom. The second-order valence-corrected chi connectivity index (χ2v) is 8.51. The number of fused-ring (bicyclic) bond motifs is 3. The predicted octanol–water partition coefficient (Wildman–Crippen LogP) is 5.35. The first-order valence-electron chi connectivity index (χ1n) is 8.89. The molecule has 22 heavy (non-hydrogen) atoms. The van der Waals surface area contributed by atoms with Crippen LogP contribution in [0.25, 0.3) is 0 Å². The topological polar surface area (TPSA) is 37.3 Å². The molecule has 0 spiro atoms. The second kappa shape index (κ2) is 5.25. The van der Waals surface area contributed by atoms with Gasteiger partial charge >= 0.3 is 5.97 Å². The molecule has 0 amide bonds. The van der Waals surface area contributed by atoms with Gasteiger partial charge in [-0.3, -0.25) is 4.79 Å². The van der Waals surface area contributed by atoms with Gasteiger partial charge in [0.15, 0.2) is 0 Å². The zero-order valence-electron chi connectivity index (χ0n) is 14.5. The Bertz CT molecular complexity index is 552. The van der Waals surface area contributed by atoms with Gasteiger partial charge in [0.1, 0.15) is 0 Å². The molecule has 2 saturated carbocycles. The van der Waals surface area contributed by atoms with Gasteiger partial charge in [0, 0.05) is 0 Å². The van der Waals surface area contributed by atoms with Crippen LogP contribution in [0.5, 0.6) is 0 Å². The quantitative estimate of drug-likeness (QED) is 0.709. The van der Waals surface area contributed by atoms with Gasteiger partial charge in [-0.1, -0.05) is 30.6 Å². The highest BCUT2D eigenvalue weighted by molar-refractivity contribution is 5.75. The van der Waals surface area contributed by atoms with E-state index in [1.54, 1.807) is 5.57 Å². The van der Waals surface area contributed by atoms with Crippen molar-refractivity contribution in [2.45, 2.75) is 72.6 Å². The lowest BCUT2D eigenvalue weighted by Gasteiger charge is -2.58. The van der Waals surface area contributed by atoms with Crippen molar-refractivity contribution >= 4 is 5.97 Å². The fourth-order valence-electron chi connectivity index (χ4n) is 5.82. The maximum atomic E-state index is 12.0. The Morgan fingerprint density at radius 3 is 2.55 bits per heavy atom. The summed E-state index contributed by atoms with van der Waals surface area (Å²) in [4.78, 5) is 12.0. The van der Waals surface area contributed by atoms with Gasteiger partial charge in [0.05, 0.1) is 5.41 Å². The first-order valence-corrected chi connectivity index (χ1v) is 8.89. The zero-order valence-corrected chi connectivity index (χ0v) is 14.5. The molecule has 3 aliphatic rings. The van der Waals surface area contributed by atoms with Crippen molar-refractivity contribution in [1.82, 2.24) is 0 Å². The van der Waals surface area contributed by atoms with Crippen LogP contribution in [0.1, 0.15) is 72.6 Å². The summed E-state index contributed by atoms with van der Waals surface area (Å²) in [5, 5.41) is 9.84. The van der Waals surface area contributed by atoms with Gasteiger partial charge in [0.2, 0.25) is 0 Å². The van der Waals surface area contributed by atoms with E-state index in [1.807, 2.05) is 6.92 Å². The molecule has 0 heterocycles. The third kappa shape index (κ3) is 2.18. The molecule has 0 bridgehead atoms. The van der Waals surface area contributed by atoms with Gasteiger partial charge in [-0.05, 0) is 82.1 Å². The van der Waals surface area contributed by atoms with E-state index in [-0.39, 0.29) is 5.41 Å². The van der Waals surface area contributed by atoms with E-state index in [4.69, 9.17) is 0 Å². The molecule has 2 nitrogen and oxygen atoms in total. The average molecular weight is 302 g/mol. The van der Waals surface area contributed by atoms with Crippen molar-refractivity contribution in [3.05, 3.63) is 22.8 Å². The molecule has 1 N–H and O–H groups in total. The third-order valence-corrected chi connectivity index (χ3v) is 7.13. The van der Waals surface area contributed by atoms with E-state index in [9.17, 15) is 9.90 Å². The summed E-state index contributed by atoms with van der Waals surface area (Å²) in [6.45, 7) is 8.82. The summed E-state index contributed by atoms with van der Waals surface area (Å²) in [5.74, 6) is 0.367. The van der Waals surface area contributed by atoms with E-state index in [0.717, 1.165) is 25.7 Å². The average Bonchev–Trinajstić information content (AvgIpc) is 2.46. The SMILES string of the molecule is CC(C)=C1C=C2CCC3C(C)(C(=O)O)CCCC3(C)C2CC1. The molecule has 3 aliphatic carbocycles. The summed E-state index contributed by atoms with van der Waals surface area (Å²) in [5.41, 5.74) is 4.23. The van der Waals surface area contributed by atoms with Crippen LogP contribution in [0.4, 0.5) is 0 Å². The van der Waals surface area contributed by atoms with E-state index in [0.29, 0.717) is 11.8 Å². The fourth-order valence-corrected chi connectivity index (χ4v) is 5.82. The van der Waals surface area contributed by atoms with Crippen molar-refractivity contribution < 1.29 is 9.90 Å². The number of allylic oxidation sites excluding steroid dienone is 4. The summed E-state index contributed by atoms with van der Waals surface area (Å²) in [6.07, 6.45) is 10.1. The number of hydrogen-bond donors (Lipinski definition) is 1. The molecule has 122 valence electrons. The van der Waals surface area contributed by atoms with Crippen LogP contribution in [0, 0.1) is 22.7 Å². The van der Waals surface area contributed by atoms with Crippen LogP contribution in [-0.4, -0.2) is 11.1 Å². The van der Waals surface area contributed by atoms with Crippen molar-refractivity contribution in [2.24, 2.45) is 22.7 Å². The van der Waals surface area contributed by atoms with Crippen molar-refractivity contribution in [3.63, 3.8) is 0 Å². The fraction of sp³-hybridized carbons (Fsp3) is 0.750. The summed E-state index contributed by atoms with van der Waals surface area (Å²) in [7, 11) is 0. The van der Waals surface area contributed by atoms with Gasteiger partial charge in [-0.2, -0.15) is 0 Å². The van der Waals surface area contributed by atoms with E-state index >= 15 is 0 Å². The van der Waals surface area contributed by atoms with Gasteiger partial charge in [-0.15, -0.1) is 0 Å². The lowest BCUT2D eigenvalue weighted by molar-refractivity contribution is -0.164. The molecule has 0 aromatic carbocycles. The molecular weight excluding hydrogens is 272 g/mol. The maximum Gasteiger partial charge on any atom is 0.309 e. The lowest BCUT2D eigenvalue weighted by Crippen LogP contribution is -2.53. The number of carbonyl (C=O) groups is 1. The van der Waals surface area contributed by atoms with Crippen LogP contribution in [0.15, 0.2) is 22.8 Å². The number of hydrogen-bond acceptors (Lipinski definition) is 1. The molecule has 0 saturated heterocycles. The van der Waals surface area contributed by atoms with Gasteiger partial charge in [-0.25, -0.2) is 0 Å². The number of carboxylic acid groups (broad SMARTS) is 1. The molecule has 0 radical (unpaired) electrons. The highest BCUT2D eigenvalue weighted by atomic mass is 16.4. The first-order chi connectivity index (χ1) is 10.3. The highest BCUT2D eigenvalue weighted by Gasteiger charge is 2.57. The monoisotopic (exact) mass is 302 g/mol. The van der Waals surface area contributed by atoms with E-state index in [2.05, 4.69) is 26.8 Å². The van der Waals surface area contributed by atoms with E-state index in [1.165, 1.54) is 30.4 Å². The summed E-state index contributed by atoms with van der Waals surface area (Å²) < 4.78 is 0. The standard InChI is InChI=1S/C20H30O2/c1-13(2)14-6-8-16-15(12-14)7-9-17-19(16,3)10-5-11-20(17,4)18(21)22/h12,16-17H,5-11H2,1-4H3,(H,21,22). The predicted molar refractivity (Wildman–Crippen MR) is 89.6 cm³/mol. The molecule has 0 aromatic rings. The minimum Gasteiger partial charge on any atom is -0.481 e. The molecule has 4 atom stereocenters. The molecule has 0 aliphatic heterocycles. The van der Waals surface area contributed by atoms with Crippen LogP contribution in [-0.2, 0) is 4.79 Å². The number of rotatable bonds is 1. The maximum absolute atomic E-state index is 12.0. The van der Waals surface area contributed by atoms with Crippen LogP contribution < -0.4 is 0 Å². The largest absolute Gasteiger partial charge is 0.481 e. The molecule has 0 aromatic heterocycles. The Morgan fingerprint density at radius 2 is 1.91 bits per heavy atom. The van der Waals surface area contributed by atoms with Crippen LogP contribution >= 0.6 is 0 Å². The Labute approximate surface area is 134 Å². The Balaban J connectivity index is 1.99. The lowest BCUT2D eigenvalue weighted by atomic mass is 9.46.